The molecule has 252 valence electrons. The van der Waals surface area contributed by atoms with Gasteiger partial charge in [-0.05, 0) is 49.9 Å². The van der Waals surface area contributed by atoms with Crippen LogP contribution in [0.25, 0.3) is 32.9 Å². The first-order chi connectivity index (χ1) is 22.9. The van der Waals surface area contributed by atoms with Gasteiger partial charge < -0.3 is 29.7 Å². The zero-order chi connectivity index (χ0) is 34.0. The monoisotopic (exact) mass is 664 g/mol. The summed E-state index contributed by atoms with van der Waals surface area (Å²) in [6, 6.07) is 5.32. The Labute approximate surface area is 275 Å². The van der Waals surface area contributed by atoms with Crippen molar-refractivity contribution in [2.75, 3.05) is 51.3 Å². The molecule has 0 amide bonds. The summed E-state index contributed by atoms with van der Waals surface area (Å²) in [5.74, 6) is -2.25. The second-order valence-electron chi connectivity index (χ2n) is 13.2. The number of piperidine rings is 1. The van der Waals surface area contributed by atoms with Crippen LogP contribution in [0.15, 0.2) is 24.3 Å². The molecule has 3 fully saturated rings. The molecule has 0 radical (unpaired) electrons. The number of methoxy groups -OCH3 is 1. The Morgan fingerprint density at radius 3 is 2.54 bits per heavy atom. The van der Waals surface area contributed by atoms with Crippen molar-refractivity contribution in [3.05, 3.63) is 41.5 Å². The highest BCUT2D eigenvalue weighted by Gasteiger charge is 2.54. The number of piperazine rings is 1. The molecule has 0 unspecified atom stereocenters. The van der Waals surface area contributed by atoms with Gasteiger partial charge in [0.25, 0.3) is 5.92 Å². The Bertz CT molecular complexity index is 1960. The number of alkyl halides is 2. The molecule has 0 saturated carbocycles. The molecule has 0 aliphatic carbocycles. The fraction of sp³-hybridized carbons (Fsp3) is 0.457. The van der Waals surface area contributed by atoms with Crippen molar-refractivity contribution in [2.24, 2.45) is 5.41 Å². The van der Waals surface area contributed by atoms with Gasteiger partial charge in [-0.3, -0.25) is 0 Å². The lowest BCUT2D eigenvalue weighted by Crippen LogP contribution is -2.56. The zero-order valence-corrected chi connectivity index (χ0v) is 26.9. The van der Waals surface area contributed by atoms with Crippen molar-refractivity contribution < 1.29 is 32.1 Å². The van der Waals surface area contributed by atoms with Gasteiger partial charge >= 0.3 is 6.01 Å². The van der Waals surface area contributed by atoms with E-state index in [2.05, 4.69) is 26.2 Å². The normalized spacial score (nSPS) is 23.8. The number of nitrogens with zero attached hydrogens (tertiary/aromatic N) is 5. The first kappa shape index (κ1) is 32.2. The van der Waals surface area contributed by atoms with Crippen LogP contribution in [0.3, 0.4) is 0 Å². The Morgan fingerprint density at radius 1 is 1.10 bits per heavy atom. The minimum absolute atomic E-state index is 0.0200. The van der Waals surface area contributed by atoms with Crippen LogP contribution in [0, 0.1) is 29.4 Å². The fourth-order valence-electron chi connectivity index (χ4n) is 7.38. The summed E-state index contributed by atoms with van der Waals surface area (Å²) >= 11 is 0. The molecule has 0 spiro atoms. The molecular formula is C35H36F4N6O3. The lowest BCUT2D eigenvalue weighted by Gasteiger charge is -2.45. The molecule has 7 rings (SSSR count). The average Bonchev–Trinajstić information content (AvgIpc) is 3.41. The zero-order valence-electron chi connectivity index (χ0n) is 26.9. The molecule has 3 saturated heterocycles. The molecule has 3 aliphatic heterocycles. The van der Waals surface area contributed by atoms with Crippen LogP contribution in [-0.2, 0) is 0 Å². The van der Waals surface area contributed by atoms with Crippen molar-refractivity contribution in [3.8, 4) is 41.2 Å². The van der Waals surface area contributed by atoms with Crippen molar-refractivity contribution in [3.63, 3.8) is 0 Å². The first-order valence-corrected chi connectivity index (χ1v) is 16.1. The summed E-state index contributed by atoms with van der Waals surface area (Å²) in [5.41, 5.74) is -2.19. The number of terminal acetylenes is 1. The van der Waals surface area contributed by atoms with E-state index in [-0.39, 0.29) is 82.3 Å². The highest BCUT2D eigenvalue weighted by atomic mass is 19.3. The van der Waals surface area contributed by atoms with Gasteiger partial charge in [0.2, 0.25) is 5.88 Å². The molecule has 3 aliphatic rings. The lowest BCUT2D eigenvalue weighted by molar-refractivity contribution is -0.171. The van der Waals surface area contributed by atoms with Gasteiger partial charge in [0.15, 0.2) is 5.82 Å². The van der Waals surface area contributed by atoms with Crippen LogP contribution < -0.4 is 19.7 Å². The number of ether oxygens (including phenoxy) is 2. The van der Waals surface area contributed by atoms with Crippen molar-refractivity contribution in [1.82, 2.24) is 25.2 Å². The number of fused-ring (bicyclic) bond motifs is 4. The van der Waals surface area contributed by atoms with E-state index in [9.17, 15) is 9.50 Å². The summed E-state index contributed by atoms with van der Waals surface area (Å²) in [4.78, 5) is 17.6. The summed E-state index contributed by atoms with van der Waals surface area (Å²) < 4.78 is 74.3. The molecular weight excluding hydrogens is 628 g/mol. The number of rotatable bonds is 7. The Balaban J connectivity index is 1.42. The van der Waals surface area contributed by atoms with E-state index in [1.165, 1.54) is 38.3 Å². The standard InChI is InChI=1S/C35H36F4N6O3/c1-5-23-25(36)10-7-19-13-22(46)14-24(26(19)23)29-28(37)30-27(32(41-29)47-4)31(45-15-20-8-9-21(16-45)40-20)43-33(42-30)48-18-34(3)17-44(6-2)12-11-35(34,38)39/h1,7,10,13-14,20-21,40,46H,6,8-9,11-12,15-18H2,2-4H3/t20-,21+,34-/m0/s1. The van der Waals surface area contributed by atoms with E-state index in [1.54, 1.807) is 0 Å². The number of hydrogen-bond donors (Lipinski definition) is 2. The molecule has 2 aromatic heterocycles. The lowest BCUT2D eigenvalue weighted by atomic mass is 9.79. The molecule has 3 atom stereocenters. The van der Waals surface area contributed by atoms with Crippen LogP contribution in [0.2, 0.25) is 0 Å². The summed E-state index contributed by atoms with van der Waals surface area (Å²) in [6.07, 6.45) is 7.29. The van der Waals surface area contributed by atoms with Crippen molar-refractivity contribution in [1.29, 1.82) is 0 Å². The molecule has 4 aromatic rings. The molecule has 9 nitrogen and oxygen atoms in total. The maximum Gasteiger partial charge on any atom is 0.319 e. The average molecular weight is 665 g/mol. The third kappa shape index (κ3) is 5.31. The van der Waals surface area contributed by atoms with Gasteiger partial charge in [-0.15, -0.1) is 6.42 Å². The number of phenolic OH excluding ortho intramolecular Hbond substituents is 1. The van der Waals surface area contributed by atoms with Gasteiger partial charge in [0, 0.05) is 55.6 Å². The number of halogens is 4. The largest absolute Gasteiger partial charge is 0.508 e. The van der Waals surface area contributed by atoms with Gasteiger partial charge in [-0.2, -0.15) is 9.97 Å². The second kappa shape index (κ2) is 11.9. The Morgan fingerprint density at radius 2 is 1.85 bits per heavy atom. The molecule has 2 aromatic carbocycles. The number of nitrogens with one attached hydrogen (secondary N) is 1. The predicted molar refractivity (Wildman–Crippen MR) is 174 cm³/mol. The number of benzene rings is 2. The second-order valence-corrected chi connectivity index (χ2v) is 13.2. The molecule has 13 heteroatoms. The van der Waals surface area contributed by atoms with Gasteiger partial charge in [0.05, 0.1) is 18.1 Å². The van der Waals surface area contributed by atoms with Crippen LogP contribution in [-0.4, -0.2) is 89.4 Å². The summed E-state index contributed by atoms with van der Waals surface area (Å²) in [7, 11) is 1.37. The Hall–Kier alpha value is -4.41. The van der Waals surface area contributed by atoms with Gasteiger partial charge in [-0.25, -0.2) is 22.5 Å². The van der Waals surface area contributed by atoms with Crippen LogP contribution in [0.4, 0.5) is 23.4 Å². The Kier molecular flexibility index (Phi) is 7.99. The third-order valence-electron chi connectivity index (χ3n) is 10.0. The maximum atomic E-state index is 17.0. The fourth-order valence-corrected chi connectivity index (χ4v) is 7.38. The van der Waals surface area contributed by atoms with Crippen LogP contribution in [0.1, 0.15) is 38.7 Å². The van der Waals surface area contributed by atoms with Gasteiger partial charge in [0.1, 0.15) is 40.6 Å². The number of phenols is 1. The van der Waals surface area contributed by atoms with Gasteiger partial charge in [-0.1, -0.05) is 18.9 Å². The van der Waals surface area contributed by atoms with E-state index in [0.29, 0.717) is 30.8 Å². The van der Waals surface area contributed by atoms with E-state index >= 15 is 13.2 Å². The van der Waals surface area contributed by atoms with E-state index in [1.807, 2.05) is 16.7 Å². The number of pyridine rings is 1. The number of anilines is 1. The van der Waals surface area contributed by atoms with E-state index < -0.39 is 29.6 Å². The van der Waals surface area contributed by atoms with E-state index in [4.69, 9.17) is 15.9 Å². The third-order valence-corrected chi connectivity index (χ3v) is 10.0. The number of aromatic hydroxyl groups is 1. The number of aromatic nitrogens is 3. The molecule has 48 heavy (non-hydrogen) atoms. The number of hydrogen-bond acceptors (Lipinski definition) is 9. The van der Waals surface area contributed by atoms with E-state index in [0.717, 1.165) is 12.8 Å². The quantitative estimate of drug-likeness (QED) is 0.196. The van der Waals surface area contributed by atoms with Crippen LogP contribution in [0.5, 0.6) is 17.6 Å². The topological polar surface area (TPSA) is 95.9 Å². The number of likely N-dealkylation sites (tertiary alicyclic amines) is 1. The minimum Gasteiger partial charge on any atom is -0.508 e. The van der Waals surface area contributed by atoms with Crippen LogP contribution >= 0.6 is 0 Å². The first-order valence-electron chi connectivity index (χ1n) is 16.1. The highest BCUT2D eigenvalue weighted by Crippen LogP contribution is 2.45. The highest BCUT2D eigenvalue weighted by molar-refractivity contribution is 6.04. The SMILES string of the molecule is C#Cc1c(F)ccc2cc(O)cc(-c3nc(OC)c4c(N5C[C@H]6CC[C@@H](C5)N6)nc(OC[C@]5(C)CN(CC)CCC5(F)F)nc4c3F)c12. The predicted octanol–water partition coefficient (Wildman–Crippen LogP) is 5.51. The smallest absolute Gasteiger partial charge is 0.319 e. The minimum atomic E-state index is -3.01. The molecule has 2 bridgehead atoms. The molecule has 2 N–H and O–H groups in total. The van der Waals surface area contributed by atoms with Crippen molar-refractivity contribution >= 4 is 27.5 Å². The van der Waals surface area contributed by atoms with Crippen molar-refractivity contribution in [2.45, 2.75) is 51.1 Å². The molecule has 5 heterocycles. The summed E-state index contributed by atoms with van der Waals surface area (Å²) in [6.45, 7) is 5.09. The summed E-state index contributed by atoms with van der Waals surface area (Å²) in [5, 5.41) is 14.9. The maximum absolute atomic E-state index is 17.0.